The molecule has 0 aromatic carbocycles. The van der Waals surface area contributed by atoms with Crippen LogP contribution in [0.4, 0.5) is 0 Å². The van der Waals surface area contributed by atoms with Crippen molar-refractivity contribution in [3.8, 4) is 0 Å². The van der Waals surface area contributed by atoms with Crippen LogP contribution in [0.5, 0.6) is 0 Å². The third-order valence-electron chi connectivity index (χ3n) is 2.60. The lowest BCUT2D eigenvalue weighted by atomic mass is 10.1. The van der Waals surface area contributed by atoms with E-state index in [1.54, 1.807) is 0 Å². The maximum Gasteiger partial charge on any atom is 0.0764 e. The third-order valence-corrected chi connectivity index (χ3v) is 2.60. The molecule has 1 fully saturated rings. The van der Waals surface area contributed by atoms with Crippen molar-refractivity contribution in [3.05, 3.63) is 18.0 Å². The number of hydrogen-bond acceptors (Lipinski definition) is 2. The Bertz CT molecular complexity index is 261. The maximum atomic E-state index is 4.38. The number of hydrogen-bond donors (Lipinski definition) is 0. The van der Waals surface area contributed by atoms with Gasteiger partial charge in [0.25, 0.3) is 0 Å². The summed E-state index contributed by atoms with van der Waals surface area (Å²) in [7, 11) is 1.97. The number of rotatable bonds is 2. The zero-order valence-electron chi connectivity index (χ0n) is 8.24. The number of likely N-dealkylation sites (tertiary alicyclic amines) is 1. The monoisotopic (exact) mass is 179 g/mol. The Kier molecular flexibility index (Phi) is 2.64. The van der Waals surface area contributed by atoms with Crippen molar-refractivity contribution in [3.63, 3.8) is 0 Å². The van der Waals surface area contributed by atoms with Crippen LogP contribution >= 0.6 is 0 Å². The minimum Gasteiger partial charge on any atom is -0.297 e. The van der Waals surface area contributed by atoms with Crippen LogP contribution in [-0.4, -0.2) is 27.8 Å². The van der Waals surface area contributed by atoms with E-state index in [1.807, 2.05) is 17.9 Å². The van der Waals surface area contributed by atoms with Crippen LogP contribution in [0, 0.1) is 0 Å². The predicted molar refractivity (Wildman–Crippen MR) is 52.3 cm³/mol. The largest absolute Gasteiger partial charge is 0.297 e. The highest BCUT2D eigenvalue weighted by Gasteiger charge is 2.10. The molecular weight excluding hydrogens is 162 g/mol. The molecular formula is C10H17N3. The van der Waals surface area contributed by atoms with Gasteiger partial charge in [-0.05, 0) is 32.0 Å². The molecule has 1 aliphatic heterocycles. The number of piperidine rings is 1. The van der Waals surface area contributed by atoms with E-state index in [2.05, 4.69) is 16.1 Å². The molecule has 3 nitrogen and oxygen atoms in total. The van der Waals surface area contributed by atoms with E-state index < -0.39 is 0 Å². The first-order valence-corrected chi connectivity index (χ1v) is 5.05. The lowest BCUT2D eigenvalue weighted by molar-refractivity contribution is 0.218. The van der Waals surface area contributed by atoms with Crippen LogP contribution in [0.25, 0.3) is 0 Å². The molecule has 0 radical (unpaired) electrons. The average Bonchev–Trinajstić information content (AvgIpc) is 2.53. The van der Waals surface area contributed by atoms with Gasteiger partial charge in [-0.3, -0.25) is 9.58 Å². The summed E-state index contributed by atoms with van der Waals surface area (Å²) in [6.45, 7) is 3.52. The van der Waals surface area contributed by atoms with Gasteiger partial charge in [0.15, 0.2) is 0 Å². The van der Waals surface area contributed by atoms with E-state index in [1.165, 1.54) is 38.0 Å². The highest BCUT2D eigenvalue weighted by Crippen LogP contribution is 2.11. The van der Waals surface area contributed by atoms with Gasteiger partial charge < -0.3 is 0 Å². The highest BCUT2D eigenvalue weighted by molar-refractivity contribution is 4.98. The van der Waals surface area contributed by atoms with Gasteiger partial charge in [0, 0.05) is 19.8 Å². The summed E-state index contributed by atoms with van der Waals surface area (Å²) in [5.74, 6) is 0. The molecule has 0 atom stereocenters. The quantitative estimate of drug-likeness (QED) is 0.684. The van der Waals surface area contributed by atoms with E-state index in [0.29, 0.717) is 0 Å². The molecule has 72 valence electrons. The molecule has 1 saturated heterocycles. The van der Waals surface area contributed by atoms with Gasteiger partial charge in [0.2, 0.25) is 0 Å². The first kappa shape index (κ1) is 8.75. The van der Waals surface area contributed by atoms with E-state index in [4.69, 9.17) is 0 Å². The molecule has 0 spiro atoms. The molecule has 0 bridgehead atoms. The fraction of sp³-hybridized carbons (Fsp3) is 0.700. The number of aryl methyl sites for hydroxylation is 1. The fourth-order valence-corrected chi connectivity index (χ4v) is 1.89. The van der Waals surface area contributed by atoms with Crippen molar-refractivity contribution >= 4 is 0 Å². The topological polar surface area (TPSA) is 21.1 Å². The molecule has 2 rings (SSSR count). The molecule has 0 amide bonds. The highest BCUT2D eigenvalue weighted by atomic mass is 15.3. The van der Waals surface area contributed by atoms with Crippen molar-refractivity contribution in [2.75, 3.05) is 13.1 Å². The van der Waals surface area contributed by atoms with E-state index in [-0.39, 0.29) is 0 Å². The number of nitrogens with zero attached hydrogens (tertiary/aromatic N) is 3. The van der Waals surface area contributed by atoms with Crippen molar-refractivity contribution in [1.29, 1.82) is 0 Å². The van der Waals surface area contributed by atoms with Crippen LogP contribution in [0.15, 0.2) is 12.3 Å². The number of aromatic nitrogens is 2. The summed E-state index contributed by atoms with van der Waals surface area (Å²) in [4.78, 5) is 2.49. The van der Waals surface area contributed by atoms with Crippen LogP contribution < -0.4 is 0 Å². The Morgan fingerprint density at radius 3 is 2.69 bits per heavy atom. The zero-order valence-corrected chi connectivity index (χ0v) is 8.24. The first-order chi connectivity index (χ1) is 6.34. The van der Waals surface area contributed by atoms with Crippen molar-refractivity contribution in [2.24, 2.45) is 7.05 Å². The van der Waals surface area contributed by atoms with Crippen LogP contribution in [0.2, 0.25) is 0 Å². The van der Waals surface area contributed by atoms with Crippen molar-refractivity contribution < 1.29 is 0 Å². The maximum absolute atomic E-state index is 4.38. The molecule has 0 unspecified atom stereocenters. The Hall–Kier alpha value is -0.830. The van der Waals surface area contributed by atoms with Crippen LogP contribution in [-0.2, 0) is 13.6 Å². The molecule has 2 heterocycles. The summed E-state index contributed by atoms with van der Waals surface area (Å²) in [6.07, 6.45) is 6.12. The molecule has 0 aliphatic carbocycles. The van der Waals surface area contributed by atoms with E-state index in [0.717, 1.165) is 6.54 Å². The zero-order chi connectivity index (χ0) is 9.10. The predicted octanol–water partition coefficient (Wildman–Crippen LogP) is 1.41. The minimum absolute atomic E-state index is 1.03. The SMILES string of the molecule is Cn1ccc(CN2CCCCC2)n1. The second-order valence-corrected chi connectivity index (χ2v) is 3.82. The van der Waals surface area contributed by atoms with Gasteiger partial charge in [0.05, 0.1) is 5.69 Å². The fourth-order valence-electron chi connectivity index (χ4n) is 1.89. The van der Waals surface area contributed by atoms with Crippen molar-refractivity contribution in [2.45, 2.75) is 25.8 Å². The Balaban J connectivity index is 1.89. The summed E-state index contributed by atoms with van der Waals surface area (Å²) < 4.78 is 1.87. The summed E-state index contributed by atoms with van der Waals surface area (Å²) >= 11 is 0. The van der Waals surface area contributed by atoms with Gasteiger partial charge in [0.1, 0.15) is 0 Å². The molecule has 1 aromatic heterocycles. The van der Waals surface area contributed by atoms with Crippen molar-refractivity contribution in [1.82, 2.24) is 14.7 Å². The lowest BCUT2D eigenvalue weighted by Crippen LogP contribution is -2.29. The van der Waals surface area contributed by atoms with Gasteiger partial charge in [-0.25, -0.2) is 0 Å². The summed E-state index contributed by atoms with van der Waals surface area (Å²) in [5, 5.41) is 4.38. The van der Waals surface area contributed by atoms with Gasteiger partial charge in [-0.1, -0.05) is 6.42 Å². The molecule has 0 N–H and O–H groups in total. The lowest BCUT2D eigenvalue weighted by Gasteiger charge is -2.25. The van der Waals surface area contributed by atoms with Gasteiger partial charge in [-0.15, -0.1) is 0 Å². The standard InChI is InChI=1S/C10H17N3/c1-12-8-5-10(11-12)9-13-6-3-2-4-7-13/h5,8H,2-4,6-7,9H2,1H3. The van der Waals surface area contributed by atoms with Gasteiger partial charge >= 0.3 is 0 Å². The molecule has 0 saturated carbocycles. The molecule has 1 aliphatic rings. The van der Waals surface area contributed by atoms with E-state index in [9.17, 15) is 0 Å². The van der Waals surface area contributed by atoms with Crippen LogP contribution in [0.3, 0.4) is 0 Å². The summed E-state index contributed by atoms with van der Waals surface area (Å²) in [6, 6.07) is 2.11. The first-order valence-electron chi connectivity index (χ1n) is 5.05. The average molecular weight is 179 g/mol. The van der Waals surface area contributed by atoms with Gasteiger partial charge in [-0.2, -0.15) is 5.10 Å². The second-order valence-electron chi connectivity index (χ2n) is 3.82. The molecule has 13 heavy (non-hydrogen) atoms. The summed E-state index contributed by atoms with van der Waals surface area (Å²) in [5.41, 5.74) is 1.20. The Morgan fingerprint density at radius 1 is 1.31 bits per heavy atom. The minimum atomic E-state index is 1.03. The Labute approximate surface area is 79.3 Å². The second kappa shape index (κ2) is 3.92. The Morgan fingerprint density at radius 2 is 2.08 bits per heavy atom. The third kappa shape index (κ3) is 2.31. The van der Waals surface area contributed by atoms with E-state index >= 15 is 0 Å². The smallest absolute Gasteiger partial charge is 0.0764 e. The molecule has 3 heteroatoms. The molecule has 1 aromatic rings. The van der Waals surface area contributed by atoms with Crippen LogP contribution in [0.1, 0.15) is 25.0 Å². The normalized spacial score (nSPS) is 19.2.